The Morgan fingerprint density at radius 3 is 3.00 bits per heavy atom. The van der Waals surface area contributed by atoms with Gasteiger partial charge in [-0.1, -0.05) is 6.07 Å². The van der Waals surface area contributed by atoms with Gasteiger partial charge >= 0.3 is 0 Å². The van der Waals surface area contributed by atoms with E-state index in [1.165, 1.54) is 0 Å². The summed E-state index contributed by atoms with van der Waals surface area (Å²) < 4.78 is 0. The Morgan fingerprint density at radius 2 is 2.19 bits per heavy atom. The monoisotopic (exact) mass is 226 g/mol. The van der Waals surface area contributed by atoms with E-state index in [4.69, 9.17) is 0 Å². The Bertz CT molecular complexity index is 513. The van der Waals surface area contributed by atoms with Crippen LogP contribution in [0.3, 0.4) is 0 Å². The highest BCUT2D eigenvalue weighted by molar-refractivity contribution is 6.10. The summed E-state index contributed by atoms with van der Waals surface area (Å²) in [6, 6.07) is 7.74. The van der Waals surface area contributed by atoms with Crippen LogP contribution in [0, 0.1) is 0 Å². The lowest BCUT2D eigenvalue weighted by molar-refractivity contribution is -0.115. The number of carbonyl (C=O) groups is 1. The number of pyridine rings is 1. The molecule has 0 saturated heterocycles. The van der Waals surface area contributed by atoms with Crippen LogP contribution in [-0.4, -0.2) is 27.2 Å². The number of anilines is 1. The van der Waals surface area contributed by atoms with Crippen molar-refractivity contribution in [1.82, 2.24) is 4.98 Å². The number of carbonyl (C=O) groups excluding carboxylic acids is 1. The third-order valence-corrected chi connectivity index (χ3v) is 2.58. The third-order valence-electron chi connectivity index (χ3n) is 2.30. The molecular weight excluding hydrogens is 215 g/mol. The molecule has 1 heterocycles. The maximum atomic E-state index is 11.4. The Kier molecular flexibility index (Phi) is 3.55. The van der Waals surface area contributed by atoms with Gasteiger partial charge in [-0.3, -0.25) is 9.78 Å². The van der Waals surface area contributed by atoms with Crippen molar-refractivity contribution in [2.24, 2.45) is 0 Å². The van der Waals surface area contributed by atoms with Crippen LogP contribution in [-0.2, 0) is 4.79 Å². The lowest BCUT2D eigenvalue weighted by atomic mass is 10.1. The summed E-state index contributed by atoms with van der Waals surface area (Å²) in [7, 11) is 0. The van der Waals surface area contributed by atoms with Crippen LogP contribution in [0.1, 0.15) is 6.42 Å². The molecule has 0 spiro atoms. The maximum absolute atomic E-state index is 11.4. The van der Waals surface area contributed by atoms with E-state index in [2.05, 4.69) is 26.6 Å². The molecule has 0 fully saturated rings. The Morgan fingerprint density at radius 1 is 1.31 bits per heavy atom. The van der Waals surface area contributed by atoms with Gasteiger partial charge < -0.3 is 5.32 Å². The molecular formula is C12H11AlN2O. The molecule has 0 saturated carbocycles. The highest BCUT2D eigenvalue weighted by Gasteiger charge is 2.01. The number of hydrogen-bond acceptors (Lipinski definition) is 2. The molecule has 0 unspecified atom stereocenters. The first-order chi connectivity index (χ1) is 7.79. The second-order valence-corrected chi connectivity index (χ2v) is 4.10. The minimum absolute atomic E-state index is 0.0448. The van der Waals surface area contributed by atoms with Crippen LogP contribution in [0.25, 0.3) is 10.8 Å². The van der Waals surface area contributed by atoms with E-state index in [-0.39, 0.29) is 5.91 Å². The fourth-order valence-electron chi connectivity index (χ4n) is 1.52. The number of fused-ring (bicyclic) bond motifs is 1. The van der Waals surface area contributed by atoms with Crippen LogP contribution in [0.15, 0.2) is 36.7 Å². The van der Waals surface area contributed by atoms with Gasteiger partial charge in [0.2, 0.25) is 5.91 Å². The number of nitrogens with one attached hydrogen (secondary N) is 1. The lowest BCUT2D eigenvalue weighted by Gasteiger charge is -2.05. The number of amides is 1. The van der Waals surface area contributed by atoms with E-state index in [0.717, 1.165) is 21.7 Å². The highest BCUT2D eigenvalue weighted by atomic mass is 27.0. The van der Waals surface area contributed by atoms with Crippen molar-refractivity contribution in [3.8, 4) is 0 Å². The summed E-state index contributed by atoms with van der Waals surface area (Å²) in [6.45, 7) is 0. The number of hydrogen-bond donors (Lipinski definition) is 1. The van der Waals surface area contributed by atoms with Gasteiger partial charge in [0.05, 0.1) is 0 Å². The van der Waals surface area contributed by atoms with Crippen molar-refractivity contribution < 1.29 is 4.79 Å². The van der Waals surface area contributed by atoms with Crippen molar-refractivity contribution in [2.45, 2.75) is 11.7 Å². The Hall–Kier alpha value is -1.37. The highest BCUT2D eigenvalue weighted by Crippen LogP contribution is 2.17. The molecule has 4 heteroatoms. The minimum Gasteiger partial charge on any atom is -0.326 e. The third kappa shape index (κ3) is 2.60. The SMILES string of the molecule is O=C(C[CH2][Al])Nc1ccc2cnccc2c1. The normalized spacial score (nSPS) is 10.2. The molecule has 3 nitrogen and oxygen atoms in total. The number of benzene rings is 1. The molecule has 1 N–H and O–H groups in total. The van der Waals surface area contributed by atoms with Crippen molar-refractivity contribution in [3.63, 3.8) is 0 Å². The molecule has 16 heavy (non-hydrogen) atoms. The Labute approximate surface area is 102 Å². The summed E-state index contributed by atoms with van der Waals surface area (Å²) in [6.07, 6.45) is 4.08. The number of rotatable bonds is 3. The van der Waals surface area contributed by atoms with Crippen LogP contribution >= 0.6 is 0 Å². The van der Waals surface area contributed by atoms with Gasteiger partial charge in [0.15, 0.2) is 0 Å². The molecule has 0 atom stereocenters. The van der Waals surface area contributed by atoms with Crippen molar-refractivity contribution in [2.75, 3.05) is 5.32 Å². The number of nitrogens with zero attached hydrogens (tertiary/aromatic N) is 1. The molecule has 1 aromatic heterocycles. The van der Waals surface area contributed by atoms with Gasteiger partial charge in [-0.15, -0.1) is 5.28 Å². The summed E-state index contributed by atoms with van der Waals surface area (Å²) in [5, 5.41) is 5.80. The van der Waals surface area contributed by atoms with Crippen molar-refractivity contribution >= 4 is 38.7 Å². The molecule has 0 aliphatic carbocycles. The van der Waals surface area contributed by atoms with Gasteiger partial charge in [-0.05, 0) is 23.6 Å². The molecule has 0 aliphatic heterocycles. The molecule has 78 valence electrons. The lowest BCUT2D eigenvalue weighted by Crippen LogP contribution is -2.10. The average Bonchev–Trinajstić information content (AvgIpc) is 2.29. The van der Waals surface area contributed by atoms with Gasteiger partial charge in [0.1, 0.15) is 16.3 Å². The predicted octanol–water partition coefficient (Wildman–Crippen LogP) is 2.15. The second kappa shape index (κ2) is 5.11. The van der Waals surface area contributed by atoms with Crippen molar-refractivity contribution in [1.29, 1.82) is 0 Å². The van der Waals surface area contributed by atoms with E-state index in [0.29, 0.717) is 6.42 Å². The molecule has 0 aliphatic rings. The fourth-order valence-corrected chi connectivity index (χ4v) is 1.78. The van der Waals surface area contributed by atoms with Gasteiger partial charge in [0, 0.05) is 29.9 Å². The van der Waals surface area contributed by atoms with Crippen LogP contribution in [0.4, 0.5) is 5.69 Å². The van der Waals surface area contributed by atoms with Crippen LogP contribution < -0.4 is 5.32 Å². The average molecular weight is 226 g/mol. The smallest absolute Gasteiger partial charge is 0.223 e. The zero-order valence-electron chi connectivity index (χ0n) is 8.81. The molecule has 1 amide bonds. The first-order valence-electron chi connectivity index (χ1n) is 5.13. The van der Waals surface area contributed by atoms with E-state index in [1.54, 1.807) is 6.20 Å². The standard InChI is InChI=1S/C12H11N2O.Al/c1-2-12(15)14-11-4-3-10-8-13-6-5-9(10)7-11;/h3-8H,1-2H2,(H,14,15);. The van der Waals surface area contributed by atoms with E-state index >= 15 is 0 Å². The maximum Gasteiger partial charge on any atom is 0.223 e. The molecule has 2 radical (unpaired) electrons. The summed E-state index contributed by atoms with van der Waals surface area (Å²) >= 11 is 2.54. The molecule has 2 rings (SSSR count). The zero-order chi connectivity index (χ0) is 11.4. The molecule has 1 aromatic carbocycles. The first-order valence-corrected chi connectivity index (χ1v) is 5.95. The van der Waals surface area contributed by atoms with E-state index < -0.39 is 0 Å². The largest absolute Gasteiger partial charge is 0.326 e. The molecule has 0 bridgehead atoms. The first kappa shape index (κ1) is 11.1. The van der Waals surface area contributed by atoms with Crippen LogP contribution in [0.2, 0.25) is 5.28 Å². The van der Waals surface area contributed by atoms with Crippen molar-refractivity contribution in [3.05, 3.63) is 36.7 Å². The quantitative estimate of drug-likeness (QED) is 0.815. The van der Waals surface area contributed by atoms with E-state index in [1.807, 2.05) is 30.5 Å². The predicted molar refractivity (Wildman–Crippen MR) is 65.6 cm³/mol. The number of aromatic nitrogens is 1. The zero-order valence-corrected chi connectivity index (χ0v) is 9.97. The minimum atomic E-state index is 0.0448. The van der Waals surface area contributed by atoms with E-state index in [9.17, 15) is 4.79 Å². The second-order valence-electron chi connectivity index (χ2n) is 3.52. The van der Waals surface area contributed by atoms with Gasteiger partial charge in [-0.2, -0.15) is 0 Å². The summed E-state index contributed by atoms with van der Waals surface area (Å²) in [4.78, 5) is 15.5. The summed E-state index contributed by atoms with van der Waals surface area (Å²) in [5.41, 5.74) is 0.835. The topological polar surface area (TPSA) is 42.0 Å². The fraction of sp³-hybridized carbons (Fsp3) is 0.167. The molecule has 2 aromatic rings. The van der Waals surface area contributed by atoms with Gasteiger partial charge in [-0.25, -0.2) is 0 Å². The van der Waals surface area contributed by atoms with Crippen LogP contribution in [0.5, 0.6) is 0 Å². The van der Waals surface area contributed by atoms with Gasteiger partial charge in [0.25, 0.3) is 0 Å². The Balaban J connectivity index is 2.22. The summed E-state index contributed by atoms with van der Waals surface area (Å²) in [5.74, 6) is 0.0448.